The van der Waals surface area contributed by atoms with Gasteiger partial charge in [-0.2, -0.15) is 5.10 Å². The Morgan fingerprint density at radius 2 is 2.00 bits per heavy atom. The summed E-state index contributed by atoms with van der Waals surface area (Å²) in [7, 11) is -2.41. The van der Waals surface area contributed by atoms with Crippen LogP contribution in [0.2, 0.25) is 0 Å². The van der Waals surface area contributed by atoms with Gasteiger partial charge in [0.15, 0.2) is 0 Å². The third-order valence-corrected chi connectivity index (χ3v) is 6.73. The monoisotopic (exact) mass is 421 g/mol. The first-order chi connectivity index (χ1) is 14.4. The van der Waals surface area contributed by atoms with Gasteiger partial charge in [-0.05, 0) is 31.0 Å². The molecular weight excluding hydrogens is 397 g/mol. The van der Waals surface area contributed by atoms with Gasteiger partial charge in [0.1, 0.15) is 7.14 Å². The van der Waals surface area contributed by atoms with Gasteiger partial charge in [0, 0.05) is 40.8 Å². The number of nitrogens with zero attached hydrogens (tertiary/aromatic N) is 1. The first-order valence-corrected chi connectivity index (χ1v) is 12.2. The van der Waals surface area contributed by atoms with Crippen LogP contribution in [0, 0.1) is 0 Å². The van der Waals surface area contributed by atoms with Gasteiger partial charge in [0.05, 0.1) is 23.3 Å². The Balaban J connectivity index is 1.65. The van der Waals surface area contributed by atoms with Crippen molar-refractivity contribution in [2.75, 3.05) is 19.9 Å². The van der Waals surface area contributed by atoms with Gasteiger partial charge in [-0.15, -0.1) is 0 Å². The quantitative estimate of drug-likeness (QED) is 0.358. The van der Waals surface area contributed by atoms with Gasteiger partial charge in [0.2, 0.25) is 0 Å². The summed E-state index contributed by atoms with van der Waals surface area (Å²) in [4.78, 5) is 16.3. The summed E-state index contributed by atoms with van der Waals surface area (Å²) in [6.07, 6.45) is 5.43. The number of aromatic amines is 2. The van der Waals surface area contributed by atoms with Crippen LogP contribution in [-0.2, 0) is 4.57 Å². The van der Waals surface area contributed by atoms with Crippen molar-refractivity contribution >= 4 is 29.3 Å². The Labute approximate surface area is 174 Å². The Morgan fingerprint density at radius 1 is 1.20 bits per heavy atom. The number of rotatable bonds is 6. The van der Waals surface area contributed by atoms with Gasteiger partial charge in [-0.3, -0.25) is 9.89 Å². The highest BCUT2D eigenvalue weighted by molar-refractivity contribution is 7.70. The molecule has 0 aliphatic heterocycles. The first-order valence-electron chi connectivity index (χ1n) is 9.64. The molecule has 30 heavy (non-hydrogen) atoms. The molecule has 2 heterocycles. The molecule has 0 fully saturated rings. The average Bonchev–Trinajstić information content (AvgIpc) is 3.40. The van der Waals surface area contributed by atoms with Crippen molar-refractivity contribution in [2.24, 2.45) is 5.73 Å². The highest BCUT2D eigenvalue weighted by Crippen LogP contribution is 2.35. The minimum absolute atomic E-state index is 0.224. The molecule has 0 radical (unpaired) electrons. The number of benzene rings is 2. The third-order valence-electron chi connectivity index (χ3n) is 5.20. The van der Waals surface area contributed by atoms with E-state index in [2.05, 4.69) is 20.5 Å². The second-order valence-electron chi connectivity index (χ2n) is 7.63. The van der Waals surface area contributed by atoms with Crippen LogP contribution in [0.5, 0.6) is 0 Å². The number of hydrogen-bond donors (Lipinski definition) is 4. The van der Waals surface area contributed by atoms with Crippen molar-refractivity contribution in [3.63, 3.8) is 0 Å². The summed E-state index contributed by atoms with van der Waals surface area (Å²) < 4.78 is 12.4. The van der Waals surface area contributed by atoms with Gasteiger partial charge in [-0.1, -0.05) is 30.3 Å². The standard InChI is InChI=1S/C22H24N5O2P/c1-30(2,29)16-6-3-5-14(9-16)20(10-23)27-22(28)18-8-4-7-17-19(13-24-21(17)18)15-11-25-26-12-15/h3-9,11-13,20,24H,10,23H2,1-2H3,(H,25,26)(H,27,28). The lowest BCUT2D eigenvalue weighted by Crippen LogP contribution is -2.34. The maximum Gasteiger partial charge on any atom is 0.253 e. The van der Waals surface area contributed by atoms with Crippen LogP contribution in [0.1, 0.15) is 22.0 Å². The van der Waals surface area contributed by atoms with E-state index in [1.165, 1.54) is 0 Å². The van der Waals surface area contributed by atoms with Crippen molar-refractivity contribution in [3.05, 3.63) is 72.2 Å². The van der Waals surface area contributed by atoms with E-state index in [1.54, 1.807) is 25.6 Å². The summed E-state index contributed by atoms with van der Waals surface area (Å²) in [5.41, 5.74) is 10.0. The fourth-order valence-corrected chi connectivity index (χ4v) is 4.48. The number of fused-ring (bicyclic) bond motifs is 1. The van der Waals surface area contributed by atoms with Gasteiger partial charge >= 0.3 is 0 Å². The lowest BCUT2D eigenvalue weighted by Gasteiger charge is -2.19. The maximum absolute atomic E-state index is 13.1. The van der Waals surface area contributed by atoms with Gasteiger partial charge in [0.25, 0.3) is 5.91 Å². The van der Waals surface area contributed by atoms with E-state index in [1.807, 2.05) is 48.8 Å². The summed E-state index contributed by atoms with van der Waals surface area (Å²) in [5.74, 6) is -0.224. The number of nitrogens with one attached hydrogen (secondary N) is 3. The SMILES string of the molecule is CP(C)(=O)c1cccc(C(CN)NC(=O)c2cccc3c(-c4cn[nH]c4)c[nH]c23)c1. The van der Waals surface area contributed by atoms with Crippen LogP contribution in [0.25, 0.3) is 22.0 Å². The van der Waals surface area contributed by atoms with E-state index in [-0.39, 0.29) is 18.5 Å². The number of carbonyl (C=O) groups is 1. The fraction of sp³-hybridized carbons (Fsp3) is 0.182. The predicted octanol–water partition coefficient (Wildman–Crippen LogP) is 3.24. The number of hydrogen-bond acceptors (Lipinski definition) is 4. The molecule has 5 N–H and O–H groups in total. The molecule has 0 bridgehead atoms. The number of H-pyrrole nitrogens is 2. The highest BCUT2D eigenvalue weighted by atomic mass is 31.2. The zero-order valence-electron chi connectivity index (χ0n) is 16.8. The van der Waals surface area contributed by atoms with Crippen LogP contribution in [0.3, 0.4) is 0 Å². The molecule has 0 spiro atoms. The van der Waals surface area contributed by atoms with Gasteiger partial charge < -0.3 is 20.6 Å². The topological polar surface area (TPSA) is 117 Å². The molecular formula is C22H24N5O2P. The molecule has 0 saturated heterocycles. The predicted molar refractivity (Wildman–Crippen MR) is 121 cm³/mol. The van der Waals surface area contributed by atoms with E-state index >= 15 is 0 Å². The molecule has 0 aliphatic rings. The normalized spacial score (nSPS) is 12.8. The van der Waals surface area contributed by atoms with Crippen LogP contribution >= 0.6 is 7.14 Å². The number of amides is 1. The van der Waals surface area contributed by atoms with Crippen LogP contribution in [-0.4, -0.2) is 41.0 Å². The van der Waals surface area contributed by atoms with Crippen molar-refractivity contribution in [2.45, 2.75) is 6.04 Å². The van der Waals surface area contributed by atoms with Crippen LogP contribution in [0.15, 0.2) is 61.1 Å². The third kappa shape index (κ3) is 3.82. The van der Waals surface area contributed by atoms with Gasteiger partial charge in [-0.25, -0.2) is 0 Å². The Morgan fingerprint density at radius 3 is 2.70 bits per heavy atom. The minimum atomic E-state index is -2.41. The molecule has 0 saturated carbocycles. The van der Waals surface area contributed by atoms with Crippen molar-refractivity contribution in [1.29, 1.82) is 0 Å². The molecule has 2 aromatic carbocycles. The van der Waals surface area contributed by atoms with E-state index in [0.29, 0.717) is 5.56 Å². The molecule has 4 rings (SSSR count). The number of nitrogens with two attached hydrogens (primary N) is 1. The molecule has 0 aliphatic carbocycles. The Kier molecular flexibility index (Phi) is 5.33. The average molecular weight is 421 g/mol. The van der Waals surface area contributed by atoms with Crippen LogP contribution < -0.4 is 16.4 Å². The fourth-order valence-electron chi connectivity index (χ4n) is 3.57. The van der Waals surface area contributed by atoms with Crippen molar-refractivity contribution in [1.82, 2.24) is 20.5 Å². The number of aromatic nitrogens is 3. The zero-order valence-corrected chi connectivity index (χ0v) is 17.7. The van der Waals surface area contributed by atoms with E-state index < -0.39 is 7.14 Å². The molecule has 1 amide bonds. The summed E-state index contributed by atoms with van der Waals surface area (Å²) in [6, 6.07) is 12.7. The molecule has 1 atom stereocenters. The Bertz CT molecular complexity index is 1240. The minimum Gasteiger partial charge on any atom is -0.360 e. The molecule has 2 aromatic heterocycles. The maximum atomic E-state index is 13.1. The summed E-state index contributed by atoms with van der Waals surface area (Å²) in [6.45, 7) is 3.69. The highest BCUT2D eigenvalue weighted by Gasteiger charge is 2.20. The molecule has 8 heteroatoms. The second kappa shape index (κ2) is 7.94. The van der Waals surface area contributed by atoms with E-state index in [9.17, 15) is 9.36 Å². The number of carbonyl (C=O) groups excluding carboxylic acids is 1. The smallest absolute Gasteiger partial charge is 0.253 e. The second-order valence-corrected chi connectivity index (χ2v) is 10.8. The summed E-state index contributed by atoms with van der Waals surface area (Å²) in [5, 5.41) is 11.5. The van der Waals surface area contributed by atoms with E-state index in [4.69, 9.17) is 5.73 Å². The molecule has 1 unspecified atom stereocenters. The lowest BCUT2D eigenvalue weighted by molar-refractivity contribution is 0.0939. The molecule has 154 valence electrons. The Hall–Kier alpha value is -3.15. The first kappa shape index (κ1) is 20.1. The van der Waals surface area contributed by atoms with Crippen molar-refractivity contribution in [3.8, 4) is 11.1 Å². The number of para-hydroxylation sites is 1. The zero-order chi connectivity index (χ0) is 21.3. The van der Waals surface area contributed by atoms with Crippen LogP contribution in [0.4, 0.5) is 0 Å². The van der Waals surface area contributed by atoms with E-state index in [0.717, 1.165) is 32.9 Å². The molecule has 7 nitrogen and oxygen atoms in total. The lowest BCUT2D eigenvalue weighted by atomic mass is 10.0. The van der Waals surface area contributed by atoms with Crippen molar-refractivity contribution < 1.29 is 9.36 Å². The molecule has 4 aromatic rings. The summed E-state index contributed by atoms with van der Waals surface area (Å²) >= 11 is 0. The largest absolute Gasteiger partial charge is 0.360 e.